The summed E-state index contributed by atoms with van der Waals surface area (Å²) in [6.07, 6.45) is 3.49. The number of carbonyl (C=O) groups excluding carboxylic acids is 2. The fraction of sp³-hybridized carbons (Fsp3) is 0.227. The molecule has 0 spiro atoms. The van der Waals surface area contributed by atoms with Gasteiger partial charge in [0.2, 0.25) is 0 Å². The number of esters is 2. The number of carboxylic acids is 1. The topological polar surface area (TPSA) is 89.9 Å². The van der Waals surface area contributed by atoms with Gasteiger partial charge in [-0.1, -0.05) is 56.1 Å². The van der Waals surface area contributed by atoms with E-state index in [0.717, 1.165) is 5.56 Å². The summed E-state index contributed by atoms with van der Waals surface area (Å²) < 4.78 is 9.08. The van der Waals surface area contributed by atoms with E-state index in [9.17, 15) is 14.4 Å². The zero-order valence-corrected chi connectivity index (χ0v) is 16.9. The third-order valence-electron chi connectivity index (χ3n) is 2.71. The smallest absolute Gasteiger partial charge is 0.337 e. The number of hydrogen-bond acceptors (Lipinski definition) is 5. The Labute approximate surface area is 166 Å². The summed E-state index contributed by atoms with van der Waals surface area (Å²) in [5, 5.41) is 7.89. The van der Waals surface area contributed by atoms with Gasteiger partial charge in [-0.05, 0) is 32.4 Å². The molecule has 0 aliphatic carbocycles. The van der Waals surface area contributed by atoms with Crippen molar-refractivity contribution >= 4 is 24.0 Å². The fourth-order valence-corrected chi connectivity index (χ4v) is 1.23. The van der Waals surface area contributed by atoms with Gasteiger partial charge in [0.1, 0.15) is 0 Å². The second-order valence-corrected chi connectivity index (χ2v) is 5.35. The molecule has 0 aromatic heterocycles. The summed E-state index contributed by atoms with van der Waals surface area (Å²) in [6.45, 7) is 15.3. The van der Waals surface area contributed by atoms with Crippen molar-refractivity contribution in [2.45, 2.75) is 20.8 Å². The van der Waals surface area contributed by atoms with E-state index in [2.05, 4.69) is 24.5 Å². The molecule has 6 heteroatoms. The molecule has 1 N–H and O–H groups in total. The molecule has 0 amide bonds. The minimum Gasteiger partial charge on any atom is -0.478 e. The first kappa shape index (κ1) is 26.8. The first-order valence-corrected chi connectivity index (χ1v) is 8.28. The quantitative estimate of drug-likeness (QED) is 0.446. The van der Waals surface area contributed by atoms with Crippen molar-refractivity contribution in [3.63, 3.8) is 0 Å². The van der Waals surface area contributed by atoms with E-state index in [0.29, 0.717) is 17.8 Å². The largest absolute Gasteiger partial charge is 0.478 e. The van der Waals surface area contributed by atoms with E-state index in [4.69, 9.17) is 9.84 Å². The van der Waals surface area contributed by atoms with Crippen LogP contribution in [-0.4, -0.2) is 36.7 Å². The van der Waals surface area contributed by atoms with Crippen LogP contribution in [0.3, 0.4) is 0 Å². The lowest BCUT2D eigenvalue weighted by Gasteiger charge is -1.99. The highest BCUT2D eigenvalue weighted by Crippen LogP contribution is 2.05. The van der Waals surface area contributed by atoms with E-state index < -0.39 is 5.97 Å². The second-order valence-electron chi connectivity index (χ2n) is 5.35. The Morgan fingerprint density at radius 2 is 1.50 bits per heavy atom. The Morgan fingerprint density at radius 1 is 1.00 bits per heavy atom. The molecule has 0 fully saturated rings. The number of carbonyl (C=O) groups is 3. The minimum atomic E-state index is -0.935. The Kier molecular flexibility index (Phi) is 15.1. The molecule has 6 nitrogen and oxygen atoms in total. The van der Waals surface area contributed by atoms with Crippen LogP contribution in [-0.2, 0) is 23.9 Å². The summed E-state index contributed by atoms with van der Waals surface area (Å²) in [4.78, 5) is 31.0. The number of hydrogen-bond donors (Lipinski definition) is 1. The van der Waals surface area contributed by atoms with E-state index >= 15 is 0 Å². The van der Waals surface area contributed by atoms with Crippen LogP contribution in [0.25, 0.3) is 6.08 Å². The van der Waals surface area contributed by atoms with Gasteiger partial charge in [0.25, 0.3) is 0 Å². The molecular formula is C22H28O6. The Hall–Kier alpha value is -3.41. The van der Waals surface area contributed by atoms with Gasteiger partial charge in [-0.3, -0.25) is 0 Å². The average Bonchev–Trinajstić information content (AvgIpc) is 2.67. The lowest BCUT2D eigenvalue weighted by molar-refractivity contribution is -0.138. The maximum atomic E-state index is 11.2. The number of benzene rings is 1. The van der Waals surface area contributed by atoms with Gasteiger partial charge in [0.05, 0.1) is 19.3 Å². The molecule has 152 valence electrons. The average molecular weight is 388 g/mol. The number of ether oxygens (including phenoxy) is 2. The van der Waals surface area contributed by atoms with Gasteiger partial charge < -0.3 is 14.6 Å². The van der Waals surface area contributed by atoms with E-state index in [1.54, 1.807) is 19.9 Å². The van der Waals surface area contributed by atoms with Crippen molar-refractivity contribution in [3.05, 3.63) is 78.4 Å². The maximum Gasteiger partial charge on any atom is 0.337 e. The maximum absolute atomic E-state index is 11.2. The molecule has 1 aromatic rings. The van der Waals surface area contributed by atoms with Crippen LogP contribution >= 0.6 is 0 Å². The molecule has 0 radical (unpaired) electrons. The van der Waals surface area contributed by atoms with Gasteiger partial charge in [0.15, 0.2) is 0 Å². The highest BCUT2D eigenvalue weighted by atomic mass is 16.5. The van der Waals surface area contributed by atoms with Crippen LogP contribution in [0.5, 0.6) is 0 Å². The first-order valence-electron chi connectivity index (χ1n) is 8.28. The van der Waals surface area contributed by atoms with Crippen LogP contribution < -0.4 is 0 Å². The van der Waals surface area contributed by atoms with Crippen LogP contribution in [0, 0.1) is 0 Å². The SMILES string of the molecule is C=C(C)C(=O)O.C=C(C)C(=O)OC.C=C(C=Cc1ccccc1)C(=O)OCC. The van der Waals surface area contributed by atoms with Crippen molar-refractivity contribution in [2.75, 3.05) is 13.7 Å². The van der Waals surface area contributed by atoms with Crippen LogP contribution in [0.1, 0.15) is 26.3 Å². The summed E-state index contributed by atoms with van der Waals surface area (Å²) in [7, 11) is 1.33. The standard InChI is InChI=1S/C13H14O2.C5H8O2.C4H6O2/c1-3-15-13(14)11(2)9-10-12-7-5-4-6-8-12;1-4(2)5(6)7-3;1-3(2)4(5)6/h4-10H,2-3H2,1H3;1H2,2-3H3;1H2,2H3,(H,5,6). The van der Waals surface area contributed by atoms with Gasteiger partial charge in [-0.2, -0.15) is 0 Å². The summed E-state index contributed by atoms with van der Waals surface area (Å²) in [6, 6.07) is 9.72. The molecule has 0 aliphatic rings. The molecular weight excluding hydrogens is 360 g/mol. The van der Waals surface area contributed by atoms with Gasteiger partial charge >= 0.3 is 17.9 Å². The predicted octanol–water partition coefficient (Wildman–Crippen LogP) is 4.20. The van der Waals surface area contributed by atoms with E-state index in [1.807, 2.05) is 36.4 Å². The number of methoxy groups -OCH3 is 1. The summed E-state index contributed by atoms with van der Waals surface area (Å²) in [5.74, 6) is -1.65. The van der Waals surface area contributed by atoms with E-state index in [1.165, 1.54) is 14.0 Å². The Bertz CT molecular complexity index is 702. The van der Waals surface area contributed by atoms with Crippen molar-refractivity contribution < 1.29 is 29.0 Å². The van der Waals surface area contributed by atoms with Gasteiger partial charge in [-0.25, -0.2) is 14.4 Å². The zero-order valence-electron chi connectivity index (χ0n) is 16.9. The fourth-order valence-electron chi connectivity index (χ4n) is 1.23. The molecule has 0 saturated carbocycles. The first-order chi connectivity index (χ1) is 13.1. The number of rotatable bonds is 6. The second kappa shape index (κ2) is 15.8. The van der Waals surface area contributed by atoms with Crippen LogP contribution in [0.4, 0.5) is 0 Å². The third-order valence-corrected chi connectivity index (χ3v) is 2.71. The van der Waals surface area contributed by atoms with Crippen molar-refractivity contribution in [1.82, 2.24) is 0 Å². The predicted molar refractivity (Wildman–Crippen MR) is 111 cm³/mol. The Balaban J connectivity index is 0. The number of aliphatic carboxylic acids is 1. The molecule has 0 aliphatic heterocycles. The molecule has 0 saturated heterocycles. The minimum absolute atomic E-state index is 0.176. The monoisotopic (exact) mass is 388 g/mol. The van der Waals surface area contributed by atoms with Crippen LogP contribution in [0.2, 0.25) is 0 Å². The zero-order chi connectivity index (χ0) is 22.1. The normalized spacial score (nSPS) is 9.00. The van der Waals surface area contributed by atoms with E-state index in [-0.39, 0.29) is 17.5 Å². The number of carboxylic acid groups (broad SMARTS) is 1. The molecule has 0 heterocycles. The van der Waals surface area contributed by atoms with Crippen molar-refractivity contribution in [1.29, 1.82) is 0 Å². The molecule has 1 aromatic carbocycles. The Morgan fingerprint density at radius 3 is 1.82 bits per heavy atom. The van der Waals surface area contributed by atoms with Crippen LogP contribution in [0.15, 0.2) is 72.9 Å². The summed E-state index contributed by atoms with van der Waals surface area (Å²) >= 11 is 0. The molecule has 0 unspecified atom stereocenters. The van der Waals surface area contributed by atoms with Gasteiger partial charge in [-0.15, -0.1) is 0 Å². The third kappa shape index (κ3) is 14.9. The highest BCUT2D eigenvalue weighted by Gasteiger charge is 2.02. The van der Waals surface area contributed by atoms with Crippen molar-refractivity contribution in [3.8, 4) is 0 Å². The molecule has 28 heavy (non-hydrogen) atoms. The molecule has 0 bridgehead atoms. The highest BCUT2D eigenvalue weighted by molar-refractivity contribution is 5.92. The molecule has 1 rings (SSSR count). The lowest BCUT2D eigenvalue weighted by Crippen LogP contribution is -2.04. The molecule has 0 atom stereocenters. The van der Waals surface area contributed by atoms with Gasteiger partial charge in [0, 0.05) is 11.1 Å². The van der Waals surface area contributed by atoms with Crippen molar-refractivity contribution in [2.24, 2.45) is 0 Å². The summed E-state index contributed by atoms with van der Waals surface area (Å²) in [5.41, 5.74) is 2.00. The lowest BCUT2D eigenvalue weighted by atomic mass is 10.2.